The molecule has 0 atom stereocenters. The molecule has 0 radical (unpaired) electrons. The summed E-state index contributed by atoms with van der Waals surface area (Å²) in [5, 5.41) is 9.29. The standard InChI is InChI=1S/C14H24N2O3S/c1-4-12-6-7-14(10-13(12)11-17)20(18,19)15-8-5-9-16(2)3/h6-7,10,15,17H,4-5,8-9,11H2,1-3H3. The van der Waals surface area contributed by atoms with Crippen LogP contribution in [0.3, 0.4) is 0 Å². The van der Waals surface area contributed by atoms with Crippen molar-refractivity contribution in [2.24, 2.45) is 0 Å². The van der Waals surface area contributed by atoms with Crippen molar-refractivity contribution in [2.45, 2.75) is 31.3 Å². The molecular weight excluding hydrogens is 276 g/mol. The lowest BCUT2D eigenvalue weighted by Crippen LogP contribution is -2.27. The van der Waals surface area contributed by atoms with Crippen molar-refractivity contribution in [1.82, 2.24) is 9.62 Å². The molecule has 6 heteroatoms. The maximum Gasteiger partial charge on any atom is 0.240 e. The van der Waals surface area contributed by atoms with E-state index in [2.05, 4.69) is 4.72 Å². The minimum atomic E-state index is -3.50. The van der Waals surface area contributed by atoms with Gasteiger partial charge in [0.25, 0.3) is 0 Å². The molecule has 0 spiro atoms. The molecule has 20 heavy (non-hydrogen) atoms. The van der Waals surface area contributed by atoms with E-state index in [0.717, 1.165) is 24.9 Å². The first-order valence-electron chi connectivity index (χ1n) is 6.77. The lowest BCUT2D eigenvalue weighted by atomic mass is 10.1. The molecule has 0 bridgehead atoms. The molecule has 0 aliphatic heterocycles. The fourth-order valence-corrected chi connectivity index (χ4v) is 3.07. The van der Waals surface area contributed by atoms with Gasteiger partial charge in [0.15, 0.2) is 0 Å². The Balaban J connectivity index is 2.77. The lowest BCUT2D eigenvalue weighted by Gasteiger charge is -2.12. The zero-order valence-electron chi connectivity index (χ0n) is 12.4. The van der Waals surface area contributed by atoms with Crippen molar-refractivity contribution in [3.8, 4) is 0 Å². The van der Waals surface area contributed by atoms with Gasteiger partial charge in [-0.2, -0.15) is 0 Å². The fraction of sp³-hybridized carbons (Fsp3) is 0.571. The molecule has 5 nitrogen and oxygen atoms in total. The molecule has 0 amide bonds. The molecule has 0 aliphatic carbocycles. The van der Waals surface area contributed by atoms with Gasteiger partial charge in [-0.1, -0.05) is 13.0 Å². The van der Waals surface area contributed by atoms with E-state index in [0.29, 0.717) is 12.1 Å². The number of sulfonamides is 1. The number of aliphatic hydroxyl groups is 1. The van der Waals surface area contributed by atoms with Crippen molar-refractivity contribution in [1.29, 1.82) is 0 Å². The second-order valence-electron chi connectivity index (χ2n) is 5.00. The van der Waals surface area contributed by atoms with E-state index >= 15 is 0 Å². The van der Waals surface area contributed by atoms with Crippen LogP contribution in [0, 0.1) is 0 Å². The van der Waals surface area contributed by atoms with Gasteiger partial charge >= 0.3 is 0 Å². The highest BCUT2D eigenvalue weighted by molar-refractivity contribution is 7.89. The van der Waals surface area contributed by atoms with Gasteiger partial charge in [0.05, 0.1) is 11.5 Å². The predicted octanol–water partition coefficient (Wildman–Crippen LogP) is 0.971. The first-order chi connectivity index (χ1) is 9.40. The maximum absolute atomic E-state index is 12.1. The average Bonchev–Trinajstić information content (AvgIpc) is 2.42. The quantitative estimate of drug-likeness (QED) is 0.702. The van der Waals surface area contributed by atoms with Gasteiger partial charge in [0.2, 0.25) is 10.0 Å². The Hall–Kier alpha value is -0.950. The van der Waals surface area contributed by atoms with Gasteiger partial charge in [-0.3, -0.25) is 0 Å². The second-order valence-corrected chi connectivity index (χ2v) is 6.76. The third-order valence-electron chi connectivity index (χ3n) is 3.11. The Bertz CT molecular complexity index is 527. The summed E-state index contributed by atoms with van der Waals surface area (Å²) in [6, 6.07) is 4.90. The first-order valence-corrected chi connectivity index (χ1v) is 8.26. The number of rotatable bonds is 8. The molecule has 1 aromatic carbocycles. The summed E-state index contributed by atoms with van der Waals surface area (Å²) in [5.74, 6) is 0. The van der Waals surface area contributed by atoms with E-state index in [4.69, 9.17) is 0 Å². The topological polar surface area (TPSA) is 69.6 Å². The molecule has 114 valence electrons. The summed E-state index contributed by atoms with van der Waals surface area (Å²) in [6.45, 7) is 3.07. The van der Waals surface area contributed by atoms with Crippen LogP contribution in [0.4, 0.5) is 0 Å². The second kappa shape index (κ2) is 7.73. The minimum absolute atomic E-state index is 0.146. The van der Waals surface area contributed by atoms with Crippen molar-refractivity contribution >= 4 is 10.0 Å². The molecule has 0 fully saturated rings. The molecule has 1 rings (SSSR count). The van der Waals surface area contributed by atoms with E-state index in [1.165, 1.54) is 0 Å². The summed E-state index contributed by atoms with van der Waals surface area (Å²) in [5.41, 5.74) is 1.64. The Morgan fingerprint density at radius 1 is 1.25 bits per heavy atom. The van der Waals surface area contributed by atoms with Crippen LogP contribution in [-0.4, -0.2) is 45.6 Å². The van der Waals surface area contributed by atoms with E-state index in [9.17, 15) is 13.5 Å². The van der Waals surface area contributed by atoms with E-state index in [1.54, 1.807) is 18.2 Å². The number of benzene rings is 1. The summed E-state index contributed by atoms with van der Waals surface area (Å²) >= 11 is 0. The van der Waals surface area contributed by atoms with Crippen molar-refractivity contribution in [3.63, 3.8) is 0 Å². The maximum atomic E-state index is 12.1. The molecule has 2 N–H and O–H groups in total. The molecule has 0 aromatic heterocycles. The Labute approximate surface area is 121 Å². The van der Waals surface area contributed by atoms with Crippen LogP contribution in [0.5, 0.6) is 0 Å². The van der Waals surface area contributed by atoms with E-state index in [1.807, 2.05) is 25.9 Å². The Morgan fingerprint density at radius 3 is 2.50 bits per heavy atom. The third-order valence-corrected chi connectivity index (χ3v) is 4.57. The lowest BCUT2D eigenvalue weighted by molar-refractivity contribution is 0.280. The molecule has 0 aliphatic rings. The Morgan fingerprint density at radius 2 is 1.95 bits per heavy atom. The number of hydrogen-bond acceptors (Lipinski definition) is 4. The van der Waals surface area contributed by atoms with Crippen LogP contribution < -0.4 is 4.72 Å². The number of hydrogen-bond donors (Lipinski definition) is 2. The largest absolute Gasteiger partial charge is 0.392 e. The van der Waals surface area contributed by atoms with Crippen LogP contribution in [0.1, 0.15) is 24.5 Å². The SMILES string of the molecule is CCc1ccc(S(=O)(=O)NCCCN(C)C)cc1CO. The van der Waals surface area contributed by atoms with Gasteiger partial charge in [0.1, 0.15) is 0 Å². The van der Waals surface area contributed by atoms with Crippen LogP contribution in [0.15, 0.2) is 23.1 Å². The summed E-state index contributed by atoms with van der Waals surface area (Å²) in [4.78, 5) is 2.22. The zero-order chi connectivity index (χ0) is 15.2. The van der Waals surface area contributed by atoms with Crippen LogP contribution in [-0.2, 0) is 23.1 Å². The van der Waals surface area contributed by atoms with Gasteiger partial charge in [0, 0.05) is 6.54 Å². The summed E-state index contributed by atoms with van der Waals surface area (Å²) in [7, 11) is 0.404. The molecular formula is C14H24N2O3S. The fourth-order valence-electron chi connectivity index (χ4n) is 1.95. The number of aryl methyl sites for hydroxylation is 1. The van der Waals surface area contributed by atoms with Crippen LogP contribution in [0.25, 0.3) is 0 Å². The summed E-state index contributed by atoms with van der Waals surface area (Å²) < 4.78 is 26.9. The van der Waals surface area contributed by atoms with Gasteiger partial charge in [-0.25, -0.2) is 13.1 Å². The number of nitrogens with zero attached hydrogens (tertiary/aromatic N) is 1. The average molecular weight is 300 g/mol. The Kier molecular flexibility index (Phi) is 6.61. The zero-order valence-corrected chi connectivity index (χ0v) is 13.2. The highest BCUT2D eigenvalue weighted by atomic mass is 32.2. The highest BCUT2D eigenvalue weighted by Crippen LogP contribution is 2.16. The van der Waals surface area contributed by atoms with Gasteiger partial charge < -0.3 is 10.0 Å². The number of aliphatic hydroxyl groups excluding tert-OH is 1. The normalized spacial score (nSPS) is 12.1. The van der Waals surface area contributed by atoms with Crippen molar-refractivity contribution < 1.29 is 13.5 Å². The monoisotopic (exact) mass is 300 g/mol. The molecule has 1 aromatic rings. The van der Waals surface area contributed by atoms with Crippen LogP contribution >= 0.6 is 0 Å². The van der Waals surface area contributed by atoms with Crippen molar-refractivity contribution in [2.75, 3.05) is 27.2 Å². The molecule has 0 heterocycles. The molecule has 0 unspecified atom stereocenters. The predicted molar refractivity (Wildman–Crippen MR) is 80.1 cm³/mol. The molecule has 0 saturated heterocycles. The van der Waals surface area contributed by atoms with E-state index < -0.39 is 10.0 Å². The number of nitrogens with one attached hydrogen (secondary N) is 1. The first kappa shape index (κ1) is 17.1. The highest BCUT2D eigenvalue weighted by Gasteiger charge is 2.15. The van der Waals surface area contributed by atoms with Gasteiger partial charge in [-0.05, 0) is 56.7 Å². The van der Waals surface area contributed by atoms with E-state index in [-0.39, 0.29) is 11.5 Å². The van der Waals surface area contributed by atoms with Crippen LogP contribution in [0.2, 0.25) is 0 Å². The summed E-state index contributed by atoms with van der Waals surface area (Å²) in [6.07, 6.45) is 1.53. The van der Waals surface area contributed by atoms with Crippen molar-refractivity contribution in [3.05, 3.63) is 29.3 Å². The molecule has 0 saturated carbocycles. The minimum Gasteiger partial charge on any atom is -0.392 e. The third kappa shape index (κ3) is 4.86. The smallest absolute Gasteiger partial charge is 0.240 e. The van der Waals surface area contributed by atoms with Gasteiger partial charge in [-0.15, -0.1) is 0 Å².